The molecule has 0 aliphatic carbocycles. The summed E-state index contributed by atoms with van der Waals surface area (Å²) < 4.78 is 40.9. The lowest BCUT2D eigenvalue weighted by atomic mass is 10.2. The molecule has 0 saturated carbocycles. The third-order valence-electron chi connectivity index (χ3n) is 3.94. The van der Waals surface area contributed by atoms with E-state index in [4.69, 9.17) is 0 Å². The molecule has 0 unspecified atom stereocenters. The molecule has 0 bridgehead atoms. The van der Waals surface area contributed by atoms with Crippen LogP contribution in [0.5, 0.6) is 5.75 Å². The van der Waals surface area contributed by atoms with Crippen molar-refractivity contribution in [2.24, 2.45) is 0 Å². The lowest BCUT2D eigenvalue weighted by Crippen LogP contribution is -2.18. The normalized spacial score (nSPS) is 11.0. The van der Waals surface area contributed by atoms with Crippen LogP contribution < -0.4 is 20.7 Å². The maximum absolute atomic E-state index is 12.4. The van der Waals surface area contributed by atoms with E-state index in [1.165, 1.54) is 12.1 Å². The summed E-state index contributed by atoms with van der Waals surface area (Å²) in [5.74, 6) is 0.910. The quantitative estimate of drug-likeness (QED) is 0.482. The molecule has 0 atom stereocenters. The van der Waals surface area contributed by atoms with Crippen LogP contribution in [-0.4, -0.2) is 28.8 Å². The summed E-state index contributed by atoms with van der Waals surface area (Å²) in [6, 6.07) is 13.4. The minimum Gasteiger partial charge on any atom is -0.406 e. The molecule has 3 rings (SSSR count). The number of anilines is 4. The van der Waals surface area contributed by atoms with Gasteiger partial charge in [-0.1, -0.05) is 6.07 Å². The smallest absolute Gasteiger partial charge is 0.406 e. The number of nitrogens with zero attached hydrogens (tertiary/aromatic N) is 2. The predicted octanol–water partition coefficient (Wildman–Crippen LogP) is 5.11. The molecule has 31 heavy (non-hydrogen) atoms. The SMILES string of the molecule is CCNc1cc(Nc2ccc(NC(=O)c3cccc(OC(F)(F)F)c3)cc2)nc(C)n1. The van der Waals surface area contributed by atoms with Crippen molar-refractivity contribution in [3.05, 3.63) is 66.0 Å². The van der Waals surface area contributed by atoms with Crippen LogP contribution in [0.2, 0.25) is 0 Å². The van der Waals surface area contributed by atoms with E-state index in [0.717, 1.165) is 24.4 Å². The van der Waals surface area contributed by atoms with Gasteiger partial charge in [-0.05, 0) is 56.3 Å². The Balaban J connectivity index is 1.66. The van der Waals surface area contributed by atoms with Gasteiger partial charge in [-0.25, -0.2) is 9.97 Å². The fourth-order valence-corrected chi connectivity index (χ4v) is 2.73. The van der Waals surface area contributed by atoms with Crippen molar-refractivity contribution in [2.75, 3.05) is 22.5 Å². The van der Waals surface area contributed by atoms with Gasteiger partial charge in [-0.3, -0.25) is 4.79 Å². The Kier molecular flexibility index (Phi) is 6.58. The van der Waals surface area contributed by atoms with Gasteiger partial charge < -0.3 is 20.7 Å². The van der Waals surface area contributed by atoms with Gasteiger partial charge in [0, 0.05) is 29.5 Å². The van der Waals surface area contributed by atoms with Crippen molar-refractivity contribution < 1.29 is 22.7 Å². The zero-order valence-corrected chi connectivity index (χ0v) is 16.7. The number of aromatic nitrogens is 2. The molecule has 0 fully saturated rings. The Morgan fingerprint density at radius 1 is 1.00 bits per heavy atom. The molecule has 0 aliphatic rings. The highest BCUT2D eigenvalue weighted by molar-refractivity contribution is 6.04. The van der Waals surface area contributed by atoms with E-state index in [9.17, 15) is 18.0 Å². The zero-order valence-electron chi connectivity index (χ0n) is 16.7. The lowest BCUT2D eigenvalue weighted by Gasteiger charge is -2.11. The summed E-state index contributed by atoms with van der Waals surface area (Å²) in [6.07, 6.45) is -4.83. The first-order chi connectivity index (χ1) is 14.7. The number of benzene rings is 2. The molecule has 1 amide bonds. The van der Waals surface area contributed by atoms with E-state index >= 15 is 0 Å². The number of hydrogen-bond donors (Lipinski definition) is 3. The summed E-state index contributed by atoms with van der Waals surface area (Å²) >= 11 is 0. The van der Waals surface area contributed by atoms with E-state index in [2.05, 4.69) is 30.7 Å². The molecular formula is C21H20F3N5O2. The van der Waals surface area contributed by atoms with Gasteiger partial charge in [0.2, 0.25) is 0 Å². The number of carbonyl (C=O) groups excluding carboxylic acids is 1. The number of halogens is 3. The third-order valence-corrected chi connectivity index (χ3v) is 3.94. The Labute approximate surface area is 176 Å². The second-order valence-electron chi connectivity index (χ2n) is 6.45. The number of nitrogens with one attached hydrogen (secondary N) is 3. The van der Waals surface area contributed by atoms with Crippen molar-refractivity contribution in [2.45, 2.75) is 20.2 Å². The summed E-state index contributed by atoms with van der Waals surface area (Å²) in [5.41, 5.74) is 1.25. The molecular weight excluding hydrogens is 411 g/mol. The Bertz CT molecular complexity index is 1060. The van der Waals surface area contributed by atoms with Gasteiger partial charge in [0.15, 0.2) is 0 Å². The molecule has 3 N–H and O–H groups in total. The number of carbonyl (C=O) groups is 1. The summed E-state index contributed by atoms with van der Waals surface area (Å²) in [7, 11) is 0. The van der Waals surface area contributed by atoms with Crippen LogP contribution in [0.3, 0.4) is 0 Å². The van der Waals surface area contributed by atoms with Crippen LogP contribution in [0.25, 0.3) is 0 Å². The Hall–Kier alpha value is -3.82. The van der Waals surface area contributed by atoms with E-state index < -0.39 is 18.0 Å². The molecule has 0 aliphatic heterocycles. The number of alkyl halides is 3. The highest BCUT2D eigenvalue weighted by atomic mass is 19.4. The first-order valence-corrected chi connectivity index (χ1v) is 9.35. The second kappa shape index (κ2) is 9.33. The van der Waals surface area contributed by atoms with Gasteiger partial charge in [-0.2, -0.15) is 0 Å². The minimum absolute atomic E-state index is 0.0383. The third kappa shape index (κ3) is 6.59. The highest BCUT2D eigenvalue weighted by Crippen LogP contribution is 2.24. The van der Waals surface area contributed by atoms with Crippen molar-refractivity contribution in [3.8, 4) is 5.75 Å². The first-order valence-electron chi connectivity index (χ1n) is 9.35. The minimum atomic E-state index is -4.83. The largest absolute Gasteiger partial charge is 0.573 e. The van der Waals surface area contributed by atoms with Crippen LogP contribution >= 0.6 is 0 Å². The summed E-state index contributed by atoms with van der Waals surface area (Å²) in [5, 5.41) is 8.92. The molecule has 162 valence electrons. The van der Waals surface area contributed by atoms with Crippen molar-refractivity contribution in [1.29, 1.82) is 0 Å². The number of hydrogen-bond acceptors (Lipinski definition) is 6. The van der Waals surface area contributed by atoms with Crippen molar-refractivity contribution in [1.82, 2.24) is 9.97 Å². The molecule has 0 radical (unpaired) electrons. The summed E-state index contributed by atoms with van der Waals surface area (Å²) in [6.45, 7) is 4.49. The van der Waals surface area contributed by atoms with E-state index in [1.807, 2.05) is 6.92 Å². The predicted molar refractivity (Wildman–Crippen MR) is 112 cm³/mol. The Morgan fingerprint density at radius 3 is 2.35 bits per heavy atom. The number of rotatable bonds is 7. The monoisotopic (exact) mass is 431 g/mol. The molecule has 7 nitrogen and oxygen atoms in total. The zero-order chi connectivity index (χ0) is 22.4. The number of amides is 1. The first kappa shape index (κ1) is 21.9. The van der Waals surface area contributed by atoms with Gasteiger partial charge in [0.05, 0.1) is 0 Å². The average Bonchev–Trinajstić information content (AvgIpc) is 2.68. The number of aryl methyl sites for hydroxylation is 1. The molecule has 0 spiro atoms. The lowest BCUT2D eigenvalue weighted by molar-refractivity contribution is -0.274. The van der Waals surface area contributed by atoms with E-state index in [1.54, 1.807) is 37.3 Å². The number of ether oxygens (including phenoxy) is 1. The molecule has 2 aromatic carbocycles. The molecule has 0 saturated heterocycles. The van der Waals surface area contributed by atoms with Crippen LogP contribution in [0, 0.1) is 6.92 Å². The fourth-order valence-electron chi connectivity index (χ4n) is 2.73. The van der Waals surface area contributed by atoms with Gasteiger partial charge in [0.25, 0.3) is 5.91 Å². The van der Waals surface area contributed by atoms with Crippen LogP contribution in [0.15, 0.2) is 54.6 Å². The van der Waals surface area contributed by atoms with Crippen molar-refractivity contribution >= 4 is 28.9 Å². The van der Waals surface area contributed by atoms with Gasteiger partial charge in [0.1, 0.15) is 23.2 Å². The molecule has 1 aromatic heterocycles. The van der Waals surface area contributed by atoms with Crippen LogP contribution in [0.1, 0.15) is 23.1 Å². The standard InChI is InChI=1S/C21H20F3N5O2/c1-3-25-18-12-19(27-13(2)26-18)28-15-7-9-16(10-8-15)29-20(30)14-5-4-6-17(11-14)31-21(22,23)24/h4-12H,3H2,1-2H3,(H,29,30)(H2,25,26,27,28). The van der Waals surface area contributed by atoms with Crippen molar-refractivity contribution in [3.63, 3.8) is 0 Å². The summed E-state index contributed by atoms with van der Waals surface area (Å²) in [4.78, 5) is 21.0. The molecule has 1 heterocycles. The average molecular weight is 431 g/mol. The Morgan fingerprint density at radius 2 is 1.68 bits per heavy atom. The van der Waals surface area contributed by atoms with Gasteiger partial charge >= 0.3 is 6.36 Å². The fraction of sp³-hybridized carbons (Fsp3) is 0.190. The van der Waals surface area contributed by atoms with E-state index in [0.29, 0.717) is 23.1 Å². The topological polar surface area (TPSA) is 88.2 Å². The highest BCUT2D eigenvalue weighted by Gasteiger charge is 2.31. The molecule has 10 heteroatoms. The molecule has 3 aromatic rings. The second-order valence-corrected chi connectivity index (χ2v) is 6.45. The van der Waals surface area contributed by atoms with Crippen LogP contribution in [-0.2, 0) is 0 Å². The maximum atomic E-state index is 12.4. The van der Waals surface area contributed by atoms with Gasteiger partial charge in [-0.15, -0.1) is 13.2 Å². The van der Waals surface area contributed by atoms with E-state index in [-0.39, 0.29) is 5.56 Å². The maximum Gasteiger partial charge on any atom is 0.573 e. The van der Waals surface area contributed by atoms with Crippen LogP contribution in [0.4, 0.5) is 36.2 Å².